The quantitative estimate of drug-likeness (QED) is 0.704. The molecule has 0 spiro atoms. The van der Waals surface area contributed by atoms with Crippen LogP contribution in [0.15, 0.2) is 25.7 Å². The van der Waals surface area contributed by atoms with Crippen LogP contribution in [-0.2, 0) is 4.74 Å². The molecule has 0 aromatic rings. The Morgan fingerprint density at radius 1 is 0.941 bits per heavy atom. The molecule has 0 heterocycles. The van der Waals surface area contributed by atoms with Crippen LogP contribution < -0.4 is 0 Å². The van der Waals surface area contributed by atoms with Crippen LogP contribution in [0, 0.1) is 5.41 Å². The van der Waals surface area contributed by atoms with Gasteiger partial charge in [0.15, 0.2) is 0 Å². The average Bonchev–Trinajstić information content (AvgIpc) is 2.33. The summed E-state index contributed by atoms with van der Waals surface area (Å²) in [4.78, 5) is 0. The second kappa shape index (κ2) is 10.4. The molecule has 1 aliphatic carbocycles. The summed E-state index contributed by atoms with van der Waals surface area (Å²) < 4.78 is 4.36. The van der Waals surface area contributed by atoms with Crippen LogP contribution >= 0.6 is 0 Å². The van der Waals surface area contributed by atoms with Crippen LogP contribution in [0.3, 0.4) is 0 Å². The SMILES string of the molecule is C=COC=C.OCCC1(CCO)CCCCC1. The molecule has 0 saturated heterocycles. The third-order valence-corrected chi connectivity index (χ3v) is 3.39. The van der Waals surface area contributed by atoms with Gasteiger partial charge in [-0.1, -0.05) is 32.4 Å². The summed E-state index contributed by atoms with van der Waals surface area (Å²) in [5.41, 5.74) is 0.280. The lowest BCUT2D eigenvalue weighted by Crippen LogP contribution is -2.26. The van der Waals surface area contributed by atoms with E-state index in [0.29, 0.717) is 0 Å². The van der Waals surface area contributed by atoms with E-state index < -0.39 is 0 Å². The monoisotopic (exact) mass is 242 g/mol. The van der Waals surface area contributed by atoms with Crippen molar-refractivity contribution in [1.29, 1.82) is 0 Å². The van der Waals surface area contributed by atoms with Gasteiger partial charge in [-0.25, -0.2) is 0 Å². The van der Waals surface area contributed by atoms with Crippen molar-refractivity contribution in [2.24, 2.45) is 5.41 Å². The van der Waals surface area contributed by atoms with Gasteiger partial charge in [-0.2, -0.15) is 0 Å². The van der Waals surface area contributed by atoms with E-state index in [2.05, 4.69) is 17.9 Å². The Kier molecular flexibility index (Phi) is 9.87. The molecule has 1 rings (SSSR count). The molecule has 17 heavy (non-hydrogen) atoms. The Bertz CT molecular complexity index is 174. The van der Waals surface area contributed by atoms with E-state index in [-0.39, 0.29) is 18.6 Å². The van der Waals surface area contributed by atoms with E-state index in [0.717, 1.165) is 12.8 Å². The van der Waals surface area contributed by atoms with Crippen molar-refractivity contribution in [1.82, 2.24) is 0 Å². The van der Waals surface area contributed by atoms with Crippen LogP contribution in [0.2, 0.25) is 0 Å². The van der Waals surface area contributed by atoms with Crippen LogP contribution in [0.25, 0.3) is 0 Å². The molecule has 0 aliphatic heterocycles. The van der Waals surface area contributed by atoms with Crippen molar-refractivity contribution in [3.05, 3.63) is 25.7 Å². The normalized spacial score (nSPS) is 17.5. The summed E-state index contributed by atoms with van der Waals surface area (Å²) in [6.45, 7) is 7.07. The Morgan fingerprint density at radius 2 is 1.41 bits per heavy atom. The van der Waals surface area contributed by atoms with Crippen LogP contribution in [-0.4, -0.2) is 23.4 Å². The van der Waals surface area contributed by atoms with Gasteiger partial charge in [0.05, 0.1) is 12.5 Å². The van der Waals surface area contributed by atoms with Crippen molar-refractivity contribution >= 4 is 0 Å². The minimum Gasteiger partial charge on any atom is -0.474 e. The highest BCUT2D eigenvalue weighted by atomic mass is 16.5. The van der Waals surface area contributed by atoms with E-state index in [1.165, 1.54) is 44.6 Å². The Morgan fingerprint density at radius 3 is 1.71 bits per heavy atom. The fraction of sp³-hybridized carbons (Fsp3) is 0.714. The topological polar surface area (TPSA) is 49.7 Å². The van der Waals surface area contributed by atoms with E-state index in [9.17, 15) is 0 Å². The highest BCUT2D eigenvalue weighted by Crippen LogP contribution is 2.41. The maximum absolute atomic E-state index is 8.93. The van der Waals surface area contributed by atoms with Crippen LogP contribution in [0.1, 0.15) is 44.9 Å². The number of aliphatic hydroxyl groups excluding tert-OH is 2. The molecule has 0 amide bonds. The highest BCUT2D eigenvalue weighted by molar-refractivity contribution is 4.82. The summed E-state index contributed by atoms with van der Waals surface area (Å²) in [6.07, 6.45) is 10.7. The molecular formula is C14H26O3. The first-order chi connectivity index (χ1) is 8.24. The largest absolute Gasteiger partial charge is 0.474 e. The van der Waals surface area contributed by atoms with Crippen molar-refractivity contribution in [2.45, 2.75) is 44.9 Å². The first-order valence-electron chi connectivity index (χ1n) is 6.33. The minimum atomic E-state index is 0.278. The summed E-state index contributed by atoms with van der Waals surface area (Å²) in [5, 5.41) is 17.9. The molecule has 1 saturated carbocycles. The van der Waals surface area contributed by atoms with Crippen LogP contribution in [0.5, 0.6) is 0 Å². The van der Waals surface area contributed by atoms with Gasteiger partial charge in [-0.05, 0) is 31.1 Å². The summed E-state index contributed by atoms with van der Waals surface area (Å²) in [6, 6.07) is 0. The predicted molar refractivity (Wildman–Crippen MR) is 70.4 cm³/mol. The lowest BCUT2D eigenvalue weighted by atomic mass is 9.70. The fourth-order valence-corrected chi connectivity index (χ4v) is 2.47. The molecular weight excluding hydrogens is 216 g/mol. The van der Waals surface area contributed by atoms with E-state index in [1.807, 2.05) is 0 Å². The minimum absolute atomic E-state index is 0.278. The number of aliphatic hydroxyl groups is 2. The fourth-order valence-electron chi connectivity index (χ4n) is 2.47. The smallest absolute Gasteiger partial charge is 0.0829 e. The zero-order chi connectivity index (χ0) is 13.0. The molecule has 100 valence electrons. The molecule has 3 heteroatoms. The Balaban J connectivity index is 0.000000437. The van der Waals surface area contributed by atoms with Crippen molar-refractivity contribution < 1.29 is 14.9 Å². The van der Waals surface area contributed by atoms with Gasteiger partial charge in [-0.15, -0.1) is 0 Å². The Labute approximate surface area is 105 Å². The maximum Gasteiger partial charge on any atom is 0.0829 e. The zero-order valence-corrected chi connectivity index (χ0v) is 10.7. The van der Waals surface area contributed by atoms with Gasteiger partial charge in [0.25, 0.3) is 0 Å². The molecule has 2 N–H and O–H groups in total. The molecule has 3 nitrogen and oxygen atoms in total. The summed E-state index contributed by atoms with van der Waals surface area (Å²) >= 11 is 0. The maximum atomic E-state index is 8.93. The second-order valence-corrected chi connectivity index (χ2v) is 4.48. The molecule has 0 bridgehead atoms. The molecule has 0 radical (unpaired) electrons. The lowest BCUT2D eigenvalue weighted by molar-refractivity contribution is 0.0925. The Hall–Kier alpha value is -0.800. The molecule has 0 unspecified atom stereocenters. The molecule has 1 fully saturated rings. The van der Waals surface area contributed by atoms with Gasteiger partial charge >= 0.3 is 0 Å². The molecule has 0 atom stereocenters. The third kappa shape index (κ3) is 7.18. The first kappa shape index (κ1) is 16.2. The summed E-state index contributed by atoms with van der Waals surface area (Å²) in [5.74, 6) is 0. The summed E-state index contributed by atoms with van der Waals surface area (Å²) in [7, 11) is 0. The highest BCUT2D eigenvalue weighted by Gasteiger charge is 2.30. The van der Waals surface area contributed by atoms with Crippen LogP contribution in [0.4, 0.5) is 0 Å². The molecule has 1 aliphatic rings. The standard InChI is InChI=1S/C10H20O2.C4H6O/c11-8-6-10(7-9-12)4-2-1-3-5-10;1-3-5-4-2/h11-12H,1-9H2;3-4H,1-2H2. The lowest BCUT2D eigenvalue weighted by Gasteiger charge is -2.36. The zero-order valence-electron chi connectivity index (χ0n) is 10.7. The number of hydrogen-bond donors (Lipinski definition) is 2. The third-order valence-electron chi connectivity index (χ3n) is 3.39. The number of rotatable bonds is 6. The van der Waals surface area contributed by atoms with E-state index >= 15 is 0 Å². The van der Waals surface area contributed by atoms with Gasteiger partial charge in [0.2, 0.25) is 0 Å². The first-order valence-corrected chi connectivity index (χ1v) is 6.33. The van der Waals surface area contributed by atoms with Gasteiger partial charge in [0.1, 0.15) is 0 Å². The second-order valence-electron chi connectivity index (χ2n) is 4.48. The van der Waals surface area contributed by atoms with Crippen molar-refractivity contribution in [3.8, 4) is 0 Å². The number of hydrogen-bond acceptors (Lipinski definition) is 3. The van der Waals surface area contributed by atoms with E-state index in [1.54, 1.807) is 0 Å². The molecule has 0 aromatic heterocycles. The predicted octanol–water partition coefficient (Wildman–Crippen LogP) is 2.99. The van der Waals surface area contributed by atoms with Crippen molar-refractivity contribution in [3.63, 3.8) is 0 Å². The van der Waals surface area contributed by atoms with Crippen molar-refractivity contribution in [2.75, 3.05) is 13.2 Å². The van der Waals surface area contributed by atoms with Gasteiger partial charge in [-0.3, -0.25) is 0 Å². The molecule has 0 aromatic carbocycles. The van der Waals surface area contributed by atoms with Gasteiger partial charge < -0.3 is 14.9 Å². The average molecular weight is 242 g/mol. The number of ether oxygens (including phenoxy) is 1. The van der Waals surface area contributed by atoms with Gasteiger partial charge in [0, 0.05) is 13.2 Å². The van der Waals surface area contributed by atoms with E-state index in [4.69, 9.17) is 10.2 Å².